The molecule has 17 heavy (non-hydrogen) atoms. The van der Waals surface area contributed by atoms with Gasteiger partial charge in [-0.05, 0) is 49.3 Å². The monoisotopic (exact) mass is 234 g/mol. The lowest BCUT2D eigenvalue weighted by Gasteiger charge is -2.14. The molecule has 0 aromatic heterocycles. The number of hydrogen-bond acceptors (Lipinski definition) is 2. The number of aliphatic hydroxyl groups is 1. The predicted octanol–water partition coefficient (Wildman–Crippen LogP) is 3.18. The van der Waals surface area contributed by atoms with E-state index in [0.717, 1.165) is 18.6 Å². The van der Waals surface area contributed by atoms with Gasteiger partial charge in [0.2, 0.25) is 0 Å². The summed E-state index contributed by atoms with van der Waals surface area (Å²) in [5, 5.41) is 9.74. The highest BCUT2D eigenvalue weighted by Gasteiger charge is 2.23. The van der Waals surface area contributed by atoms with Gasteiger partial charge in [-0.1, -0.05) is 26.0 Å². The van der Waals surface area contributed by atoms with Crippen molar-refractivity contribution < 1.29 is 9.84 Å². The molecule has 1 aliphatic rings. The molecule has 1 atom stereocenters. The van der Waals surface area contributed by atoms with Crippen molar-refractivity contribution >= 4 is 0 Å². The van der Waals surface area contributed by atoms with E-state index in [2.05, 4.69) is 26.0 Å². The van der Waals surface area contributed by atoms with Crippen LogP contribution in [0.25, 0.3) is 0 Å². The molecule has 2 nitrogen and oxygen atoms in total. The van der Waals surface area contributed by atoms with Crippen LogP contribution in [0.4, 0.5) is 0 Å². The van der Waals surface area contributed by atoms with Crippen LogP contribution < -0.4 is 4.74 Å². The van der Waals surface area contributed by atoms with Crippen LogP contribution in [0, 0.1) is 5.92 Å². The molecule has 1 saturated carbocycles. The molecule has 2 heteroatoms. The summed E-state index contributed by atoms with van der Waals surface area (Å²) in [5.74, 6) is 1.31. The molecule has 1 aromatic rings. The molecule has 94 valence electrons. The van der Waals surface area contributed by atoms with Crippen molar-refractivity contribution in [1.29, 1.82) is 0 Å². The average Bonchev–Trinajstić information content (AvgIpc) is 3.11. The number of aliphatic hydroxyl groups excluding tert-OH is 1. The minimum absolute atomic E-state index is 0.197. The molecule has 1 aromatic carbocycles. The molecular weight excluding hydrogens is 212 g/mol. The van der Waals surface area contributed by atoms with E-state index >= 15 is 0 Å². The third kappa shape index (κ3) is 4.04. The first-order chi connectivity index (χ1) is 8.15. The Morgan fingerprint density at radius 1 is 1.24 bits per heavy atom. The fourth-order valence-corrected chi connectivity index (χ4v) is 1.76. The normalized spacial score (nSPS) is 17.2. The van der Waals surface area contributed by atoms with Crippen molar-refractivity contribution in [2.45, 2.75) is 51.7 Å². The van der Waals surface area contributed by atoms with Crippen LogP contribution in [0.5, 0.6) is 5.75 Å². The Morgan fingerprint density at radius 3 is 2.41 bits per heavy atom. The number of benzene rings is 1. The second-order valence-electron chi connectivity index (χ2n) is 5.31. The summed E-state index contributed by atoms with van der Waals surface area (Å²) in [6, 6.07) is 8.28. The van der Waals surface area contributed by atoms with Gasteiger partial charge in [-0.2, -0.15) is 0 Å². The van der Waals surface area contributed by atoms with Crippen LogP contribution in [0.2, 0.25) is 0 Å². The van der Waals surface area contributed by atoms with Crippen molar-refractivity contribution in [3.05, 3.63) is 29.8 Å². The molecular formula is C15H22O2. The second-order valence-corrected chi connectivity index (χ2v) is 5.31. The fourth-order valence-electron chi connectivity index (χ4n) is 1.76. The predicted molar refractivity (Wildman–Crippen MR) is 69.3 cm³/mol. The zero-order valence-corrected chi connectivity index (χ0v) is 10.7. The van der Waals surface area contributed by atoms with Crippen molar-refractivity contribution in [3.8, 4) is 5.75 Å². The molecule has 0 amide bonds. The van der Waals surface area contributed by atoms with Gasteiger partial charge in [-0.3, -0.25) is 0 Å². The van der Waals surface area contributed by atoms with E-state index < -0.39 is 0 Å². The maximum Gasteiger partial charge on any atom is 0.119 e. The van der Waals surface area contributed by atoms with Gasteiger partial charge >= 0.3 is 0 Å². The number of aryl methyl sites for hydroxylation is 1. The highest BCUT2D eigenvalue weighted by Crippen LogP contribution is 2.26. The maximum atomic E-state index is 9.74. The van der Waals surface area contributed by atoms with Crippen molar-refractivity contribution in [3.63, 3.8) is 0 Å². The summed E-state index contributed by atoms with van der Waals surface area (Å²) in [7, 11) is 0. The first-order valence-corrected chi connectivity index (χ1v) is 6.59. The molecule has 0 heterocycles. The van der Waals surface area contributed by atoms with Crippen molar-refractivity contribution in [2.24, 2.45) is 5.92 Å². The summed E-state index contributed by atoms with van der Waals surface area (Å²) in [6.45, 7) is 4.11. The third-order valence-electron chi connectivity index (χ3n) is 3.25. The summed E-state index contributed by atoms with van der Waals surface area (Å²) < 4.78 is 5.69. The Kier molecular flexibility index (Phi) is 4.06. The Hall–Kier alpha value is -1.02. The Bertz CT molecular complexity index is 338. The molecule has 1 aliphatic carbocycles. The zero-order valence-electron chi connectivity index (χ0n) is 10.7. The number of ether oxygens (including phenoxy) is 1. The van der Waals surface area contributed by atoms with E-state index in [4.69, 9.17) is 4.74 Å². The Morgan fingerprint density at radius 2 is 1.88 bits per heavy atom. The molecule has 1 fully saturated rings. The largest absolute Gasteiger partial charge is 0.490 e. The number of rotatable bonds is 6. The number of hydrogen-bond donors (Lipinski definition) is 1. The van der Waals surface area contributed by atoms with E-state index in [1.54, 1.807) is 0 Å². The molecule has 0 spiro atoms. The van der Waals surface area contributed by atoms with Crippen LogP contribution in [0.15, 0.2) is 24.3 Å². The minimum atomic E-state index is -0.197. The third-order valence-corrected chi connectivity index (χ3v) is 3.25. The highest BCUT2D eigenvalue weighted by molar-refractivity contribution is 5.27. The van der Waals surface area contributed by atoms with Gasteiger partial charge in [0.25, 0.3) is 0 Å². The lowest BCUT2D eigenvalue weighted by atomic mass is 9.99. The smallest absolute Gasteiger partial charge is 0.119 e. The molecule has 0 bridgehead atoms. The van der Waals surface area contributed by atoms with E-state index in [1.165, 1.54) is 18.4 Å². The van der Waals surface area contributed by atoms with E-state index in [1.807, 2.05) is 12.1 Å². The van der Waals surface area contributed by atoms with Crippen molar-refractivity contribution in [2.75, 3.05) is 0 Å². The van der Waals surface area contributed by atoms with Gasteiger partial charge in [-0.25, -0.2) is 0 Å². The molecule has 2 rings (SSSR count). The van der Waals surface area contributed by atoms with Crippen LogP contribution in [-0.4, -0.2) is 17.3 Å². The fraction of sp³-hybridized carbons (Fsp3) is 0.600. The SMILES string of the molecule is CC(C)C(O)CCc1ccc(OC2CC2)cc1. The molecule has 1 N–H and O–H groups in total. The second kappa shape index (κ2) is 5.54. The molecule has 0 radical (unpaired) electrons. The Labute approximate surface area is 104 Å². The molecule has 0 saturated heterocycles. The van der Waals surface area contributed by atoms with Gasteiger partial charge in [0, 0.05) is 0 Å². The Balaban J connectivity index is 1.80. The van der Waals surface area contributed by atoms with E-state index in [9.17, 15) is 5.11 Å². The summed E-state index contributed by atoms with van der Waals surface area (Å²) in [6.07, 6.45) is 4.43. The molecule has 1 unspecified atom stereocenters. The van der Waals surface area contributed by atoms with Crippen molar-refractivity contribution in [1.82, 2.24) is 0 Å². The van der Waals surface area contributed by atoms with Crippen LogP contribution in [-0.2, 0) is 6.42 Å². The first kappa shape index (κ1) is 12.4. The molecule has 0 aliphatic heterocycles. The van der Waals surface area contributed by atoms with Gasteiger partial charge < -0.3 is 9.84 Å². The van der Waals surface area contributed by atoms with Gasteiger partial charge in [-0.15, -0.1) is 0 Å². The first-order valence-electron chi connectivity index (χ1n) is 6.59. The lowest BCUT2D eigenvalue weighted by molar-refractivity contribution is 0.116. The van der Waals surface area contributed by atoms with E-state index in [0.29, 0.717) is 12.0 Å². The standard InChI is InChI=1S/C15H22O2/c1-11(2)15(16)10-5-12-3-6-13(7-4-12)17-14-8-9-14/h3-4,6-7,11,14-16H,5,8-10H2,1-2H3. The quantitative estimate of drug-likeness (QED) is 0.819. The van der Waals surface area contributed by atoms with E-state index in [-0.39, 0.29) is 6.10 Å². The van der Waals surface area contributed by atoms with Crippen LogP contribution in [0.3, 0.4) is 0 Å². The van der Waals surface area contributed by atoms with Gasteiger partial charge in [0.05, 0.1) is 12.2 Å². The minimum Gasteiger partial charge on any atom is -0.490 e. The summed E-state index contributed by atoms with van der Waals surface area (Å²) in [5.41, 5.74) is 1.27. The van der Waals surface area contributed by atoms with Gasteiger partial charge in [0.15, 0.2) is 0 Å². The topological polar surface area (TPSA) is 29.5 Å². The lowest BCUT2D eigenvalue weighted by Crippen LogP contribution is -2.15. The summed E-state index contributed by atoms with van der Waals surface area (Å²) in [4.78, 5) is 0. The zero-order chi connectivity index (χ0) is 12.3. The average molecular weight is 234 g/mol. The van der Waals surface area contributed by atoms with Crippen LogP contribution in [0.1, 0.15) is 38.7 Å². The van der Waals surface area contributed by atoms with Crippen LogP contribution >= 0.6 is 0 Å². The van der Waals surface area contributed by atoms with Gasteiger partial charge in [0.1, 0.15) is 5.75 Å². The highest BCUT2D eigenvalue weighted by atomic mass is 16.5. The summed E-state index contributed by atoms with van der Waals surface area (Å²) >= 11 is 0. The maximum absolute atomic E-state index is 9.74.